The van der Waals surface area contributed by atoms with Crippen LogP contribution in [0.15, 0.2) is 72.8 Å². The van der Waals surface area contributed by atoms with E-state index in [9.17, 15) is 14.4 Å². The highest BCUT2D eigenvalue weighted by Crippen LogP contribution is 2.19. The average Bonchev–Trinajstić information content (AvgIpc) is 2.96. The highest BCUT2D eigenvalue weighted by Gasteiger charge is 2.26. The summed E-state index contributed by atoms with van der Waals surface area (Å²) in [5.74, 6) is -1.55. The number of hydrogen-bond acceptors (Lipinski definition) is 6. The van der Waals surface area contributed by atoms with Gasteiger partial charge in [0.15, 0.2) is 0 Å². The number of ether oxygens (including phenoxy) is 2. The number of aliphatic hydroxyl groups is 1. The number of aliphatic hydroxyl groups excluding tert-OH is 1. The number of esters is 1. The molecule has 8 heteroatoms. The molecule has 2 aromatic rings. The molecule has 0 aromatic heterocycles. The average molecular weight is 551 g/mol. The van der Waals surface area contributed by atoms with Crippen LogP contribution in [0.2, 0.25) is 0 Å². The van der Waals surface area contributed by atoms with E-state index in [1.165, 1.54) is 0 Å². The fraction of sp³-hybridized carbons (Fsp3) is 0.469. The second-order valence-electron chi connectivity index (χ2n) is 10.1. The minimum Gasteiger partial charge on any atom is -0.463 e. The monoisotopic (exact) mass is 550 g/mol. The van der Waals surface area contributed by atoms with Crippen LogP contribution in [0.25, 0.3) is 0 Å². The van der Waals surface area contributed by atoms with E-state index < -0.39 is 12.0 Å². The number of benzene rings is 2. The first-order valence-electron chi connectivity index (χ1n) is 14.2. The zero-order chi connectivity index (χ0) is 28.4. The molecule has 0 saturated heterocycles. The molecule has 1 heterocycles. The predicted molar refractivity (Wildman–Crippen MR) is 153 cm³/mol. The fourth-order valence-electron chi connectivity index (χ4n) is 4.74. The Bertz CT molecular complexity index is 1060. The minimum atomic E-state index is -0.558. The van der Waals surface area contributed by atoms with Crippen molar-refractivity contribution >= 4 is 17.8 Å². The molecule has 0 fully saturated rings. The number of rotatable bonds is 11. The lowest BCUT2D eigenvalue weighted by Crippen LogP contribution is -2.44. The lowest BCUT2D eigenvalue weighted by molar-refractivity contribution is -0.150. The Kier molecular flexibility index (Phi) is 13.9. The van der Waals surface area contributed by atoms with Crippen molar-refractivity contribution in [3.8, 4) is 0 Å². The Hall–Kier alpha value is -3.49. The Labute approximate surface area is 237 Å². The Morgan fingerprint density at radius 3 is 2.35 bits per heavy atom. The molecule has 2 aromatic carbocycles. The van der Waals surface area contributed by atoms with Crippen molar-refractivity contribution in [2.75, 3.05) is 33.0 Å². The molecule has 216 valence electrons. The van der Waals surface area contributed by atoms with Gasteiger partial charge < -0.3 is 25.2 Å². The molecule has 0 radical (unpaired) electrons. The zero-order valence-corrected chi connectivity index (χ0v) is 23.1. The first-order valence-corrected chi connectivity index (χ1v) is 14.2. The highest BCUT2D eigenvalue weighted by atomic mass is 16.5. The molecule has 3 rings (SSSR count). The maximum Gasteiger partial charge on any atom is 0.309 e. The van der Waals surface area contributed by atoms with Crippen LogP contribution in [0.5, 0.6) is 0 Å². The second-order valence-corrected chi connectivity index (χ2v) is 10.1. The first kappa shape index (κ1) is 31.0. The van der Waals surface area contributed by atoms with Gasteiger partial charge in [-0.1, -0.05) is 72.8 Å². The third-order valence-corrected chi connectivity index (χ3v) is 6.87. The molecule has 0 bridgehead atoms. The second kappa shape index (κ2) is 18.0. The van der Waals surface area contributed by atoms with Gasteiger partial charge in [0.2, 0.25) is 11.8 Å². The molecule has 2 amide bonds. The van der Waals surface area contributed by atoms with E-state index in [1.54, 1.807) is 0 Å². The van der Waals surface area contributed by atoms with E-state index in [-0.39, 0.29) is 49.9 Å². The van der Waals surface area contributed by atoms with Crippen LogP contribution in [-0.2, 0) is 36.7 Å². The number of cyclic esters (lactones) is 1. The van der Waals surface area contributed by atoms with Gasteiger partial charge >= 0.3 is 5.97 Å². The van der Waals surface area contributed by atoms with Crippen LogP contribution in [0.3, 0.4) is 0 Å². The van der Waals surface area contributed by atoms with E-state index in [1.807, 2.05) is 72.8 Å². The lowest BCUT2D eigenvalue weighted by Gasteiger charge is -2.24. The van der Waals surface area contributed by atoms with Crippen LogP contribution < -0.4 is 10.6 Å². The third kappa shape index (κ3) is 11.7. The van der Waals surface area contributed by atoms with E-state index in [0.717, 1.165) is 24.0 Å². The Morgan fingerprint density at radius 1 is 0.950 bits per heavy atom. The molecule has 1 aliphatic heterocycles. The van der Waals surface area contributed by atoms with Gasteiger partial charge in [-0.25, -0.2) is 0 Å². The molecule has 40 heavy (non-hydrogen) atoms. The van der Waals surface area contributed by atoms with E-state index in [2.05, 4.69) is 10.6 Å². The number of nitrogens with one attached hydrogen (secondary N) is 2. The van der Waals surface area contributed by atoms with E-state index in [4.69, 9.17) is 14.6 Å². The van der Waals surface area contributed by atoms with Crippen molar-refractivity contribution in [3.05, 3.63) is 83.9 Å². The van der Waals surface area contributed by atoms with Crippen molar-refractivity contribution in [2.24, 2.45) is 11.8 Å². The van der Waals surface area contributed by atoms with Crippen molar-refractivity contribution < 1.29 is 29.0 Å². The predicted octanol–water partition coefficient (Wildman–Crippen LogP) is 3.38. The standard InChI is InChI=1S/C32H42N2O6/c35-18-20-39-19-17-33-30(36)23-27-15-9-1-2-10-16-28(21-25-11-5-3-6-12-25)32(38)40-24-29(34-31(27)37)22-26-13-7-4-8-14-26/h1,3-9,11-14,27-29,35H,2,10,15-24H2,(H,33,36)(H,34,37). The molecule has 3 N–H and O–H groups in total. The SMILES string of the molecule is O=C(CC1CC=CCCCC(Cc2ccccc2)C(=O)OCC(Cc2ccccc2)NC1=O)NCCOCCO. The van der Waals surface area contributed by atoms with Gasteiger partial charge in [0.05, 0.1) is 37.7 Å². The van der Waals surface area contributed by atoms with Gasteiger partial charge in [0, 0.05) is 13.0 Å². The first-order chi connectivity index (χ1) is 19.5. The van der Waals surface area contributed by atoms with Crippen molar-refractivity contribution in [2.45, 2.75) is 51.0 Å². The number of allylic oxidation sites excluding steroid dienone is 2. The maximum absolute atomic E-state index is 13.4. The molecule has 0 spiro atoms. The van der Waals surface area contributed by atoms with Gasteiger partial charge in [-0.15, -0.1) is 0 Å². The molecule has 3 atom stereocenters. The summed E-state index contributed by atoms with van der Waals surface area (Å²) < 4.78 is 11.0. The number of amides is 2. The van der Waals surface area contributed by atoms with Gasteiger partial charge in [0.1, 0.15) is 6.61 Å². The summed E-state index contributed by atoms with van der Waals surface area (Å²) in [6.07, 6.45) is 7.88. The number of carbonyl (C=O) groups is 3. The van der Waals surface area contributed by atoms with Crippen LogP contribution in [0, 0.1) is 11.8 Å². The number of hydrogen-bond donors (Lipinski definition) is 3. The molecule has 0 aliphatic carbocycles. The lowest BCUT2D eigenvalue weighted by atomic mass is 9.93. The Morgan fingerprint density at radius 2 is 1.65 bits per heavy atom. The summed E-state index contributed by atoms with van der Waals surface area (Å²) in [5.41, 5.74) is 2.11. The van der Waals surface area contributed by atoms with Gasteiger partial charge in [-0.05, 0) is 49.7 Å². The van der Waals surface area contributed by atoms with Crippen molar-refractivity contribution in [1.82, 2.24) is 10.6 Å². The van der Waals surface area contributed by atoms with E-state index in [0.29, 0.717) is 38.8 Å². The van der Waals surface area contributed by atoms with Crippen LogP contribution in [0.1, 0.15) is 43.2 Å². The van der Waals surface area contributed by atoms with E-state index >= 15 is 0 Å². The summed E-state index contributed by atoms with van der Waals surface area (Å²) in [6.45, 7) is 0.794. The smallest absolute Gasteiger partial charge is 0.309 e. The summed E-state index contributed by atoms with van der Waals surface area (Å²) in [6, 6.07) is 19.3. The topological polar surface area (TPSA) is 114 Å². The molecule has 8 nitrogen and oxygen atoms in total. The molecule has 0 saturated carbocycles. The largest absolute Gasteiger partial charge is 0.463 e. The van der Waals surface area contributed by atoms with Crippen LogP contribution in [0.4, 0.5) is 0 Å². The summed E-state index contributed by atoms with van der Waals surface area (Å²) in [4.78, 5) is 39.2. The van der Waals surface area contributed by atoms with Gasteiger partial charge in [-0.3, -0.25) is 14.4 Å². The number of carbonyl (C=O) groups excluding carboxylic acids is 3. The summed E-state index contributed by atoms with van der Waals surface area (Å²) in [7, 11) is 0. The molecule has 3 unspecified atom stereocenters. The minimum absolute atomic E-state index is 0.0349. The normalized spacial score (nSPS) is 20.7. The maximum atomic E-state index is 13.4. The molecule has 1 aliphatic rings. The highest BCUT2D eigenvalue weighted by molar-refractivity contribution is 5.86. The van der Waals surface area contributed by atoms with Crippen LogP contribution >= 0.6 is 0 Å². The Balaban J connectivity index is 1.70. The van der Waals surface area contributed by atoms with Gasteiger partial charge in [0.25, 0.3) is 0 Å². The third-order valence-electron chi connectivity index (χ3n) is 6.87. The summed E-state index contributed by atoms with van der Waals surface area (Å²) in [5, 5.41) is 14.6. The fourth-order valence-corrected chi connectivity index (χ4v) is 4.74. The van der Waals surface area contributed by atoms with Crippen molar-refractivity contribution in [1.29, 1.82) is 0 Å². The molecular weight excluding hydrogens is 508 g/mol. The van der Waals surface area contributed by atoms with Crippen LogP contribution in [-0.4, -0.2) is 61.9 Å². The van der Waals surface area contributed by atoms with Crippen molar-refractivity contribution in [3.63, 3.8) is 0 Å². The zero-order valence-electron chi connectivity index (χ0n) is 23.1. The molecular formula is C32H42N2O6. The van der Waals surface area contributed by atoms with Gasteiger partial charge in [-0.2, -0.15) is 0 Å². The summed E-state index contributed by atoms with van der Waals surface area (Å²) >= 11 is 0. The quantitative estimate of drug-likeness (QED) is 0.225.